The maximum Gasteiger partial charge on any atom is 0.261 e. The Balaban J connectivity index is 1.96. The Morgan fingerprint density at radius 1 is 1.29 bits per heavy atom. The Labute approximate surface area is 141 Å². The van der Waals surface area contributed by atoms with E-state index in [-0.39, 0.29) is 28.9 Å². The lowest BCUT2D eigenvalue weighted by molar-refractivity contribution is 0.0343. The summed E-state index contributed by atoms with van der Waals surface area (Å²) in [4.78, 5) is 16.5. The molecule has 0 radical (unpaired) electrons. The normalized spacial score (nSPS) is 26.2. The third-order valence-corrected chi connectivity index (χ3v) is 6.57. The monoisotopic (exact) mass is 356 g/mol. The highest BCUT2D eigenvalue weighted by atomic mass is 32.2. The van der Waals surface area contributed by atoms with Crippen LogP contribution in [0, 0.1) is 5.82 Å². The summed E-state index contributed by atoms with van der Waals surface area (Å²) in [5.41, 5.74) is -0.131. The van der Waals surface area contributed by atoms with E-state index in [9.17, 15) is 17.6 Å². The van der Waals surface area contributed by atoms with Gasteiger partial charge in [0.1, 0.15) is 17.1 Å². The molecule has 3 rings (SSSR count). The van der Waals surface area contributed by atoms with Crippen LogP contribution in [0.15, 0.2) is 18.2 Å². The lowest BCUT2D eigenvalue weighted by Gasteiger charge is -2.43. The van der Waals surface area contributed by atoms with Crippen LogP contribution in [0.25, 0.3) is 0 Å². The average Bonchev–Trinajstić information content (AvgIpc) is 2.87. The predicted octanol–water partition coefficient (Wildman–Crippen LogP) is 0.778. The number of fused-ring (bicyclic) bond motifs is 1. The van der Waals surface area contributed by atoms with Crippen LogP contribution in [0.1, 0.15) is 17.3 Å². The molecule has 8 heteroatoms. The van der Waals surface area contributed by atoms with E-state index in [2.05, 4.69) is 4.90 Å². The number of halogens is 1. The summed E-state index contributed by atoms with van der Waals surface area (Å²) in [6.45, 7) is 3.65. The van der Waals surface area contributed by atoms with Crippen LogP contribution in [0.4, 0.5) is 4.39 Å². The molecule has 2 fully saturated rings. The van der Waals surface area contributed by atoms with Gasteiger partial charge in [0.15, 0.2) is 9.84 Å². The van der Waals surface area contributed by atoms with E-state index < -0.39 is 27.6 Å². The topological polar surface area (TPSA) is 66.9 Å². The third kappa shape index (κ3) is 2.88. The number of sulfone groups is 1. The van der Waals surface area contributed by atoms with Crippen molar-refractivity contribution in [3.63, 3.8) is 0 Å². The first-order chi connectivity index (χ1) is 11.4. The quantitative estimate of drug-likeness (QED) is 0.801. The summed E-state index contributed by atoms with van der Waals surface area (Å²) in [5, 5.41) is 0. The minimum atomic E-state index is -3.21. The molecule has 1 amide bonds. The molecule has 0 N–H and O–H groups in total. The first kappa shape index (κ1) is 17.2. The van der Waals surface area contributed by atoms with Gasteiger partial charge in [-0.3, -0.25) is 9.69 Å². The van der Waals surface area contributed by atoms with E-state index in [1.54, 1.807) is 0 Å². The van der Waals surface area contributed by atoms with Crippen LogP contribution in [0.2, 0.25) is 0 Å². The minimum Gasteiger partial charge on any atom is -0.496 e. The van der Waals surface area contributed by atoms with Gasteiger partial charge in [0.25, 0.3) is 5.91 Å². The number of hydrogen-bond acceptors (Lipinski definition) is 5. The highest BCUT2D eigenvalue weighted by molar-refractivity contribution is 7.91. The number of benzene rings is 1. The van der Waals surface area contributed by atoms with Gasteiger partial charge in [0.05, 0.1) is 24.7 Å². The molecular weight excluding hydrogens is 335 g/mol. The zero-order valence-corrected chi connectivity index (χ0v) is 14.6. The minimum absolute atomic E-state index is 0.0453. The maximum absolute atomic E-state index is 14.2. The van der Waals surface area contributed by atoms with Gasteiger partial charge >= 0.3 is 0 Å². The van der Waals surface area contributed by atoms with E-state index in [0.717, 1.165) is 6.54 Å². The number of methoxy groups -OCH3 is 1. The van der Waals surface area contributed by atoms with Gasteiger partial charge in [-0.2, -0.15) is 0 Å². The number of amides is 1. The second-order valence-corrected chi connectivity index (χ2v) is 8.31. The summed E-state index contributed by atoms with van der Waals surface area (Å²) in [6, 6.07) is 3.54. The lowest BCUT2D eigenvalue weighted by atomic mass is 10.0. The molecule has 0 spiro atoms. The molecule has 0 unspecified atom stereocenters. The van der Waals surface area contributed by atoms with Crippen molar-refractivity contribution >= 4 is 15.7 Å². The molecule has 6 nitrogen and oxygen atoms in total. The van der Waals surface area contributed by atoms with Crippen LogP contribution in [-0.2, 0) is 9.84 Å². The molecule has 2 saturated heterocycles. The fraction of sp³-hybridized carbons (Fsp3) is 0.562. The largest absolute Gasteiger partial charge is 0.496 e. The van der Waals surface area contributed by atoms with Gasteiger partial charge < -0.3 is 9.64 Å². The highest BCUT2D eigenvalue weighted by Crippen LogP contribution is 2.30. The van der Waals surface area contributed by atoms with Crippen molar-refractivity contribution in [3.8, 4) is 5.75 Å². The van der Waals surface area contributed by atoms with E-state index >= 15 is 0 Å². The smallest absolute Gasteiger partial charge is 0.261 e. The summed E-state index contributed by atoms with van der Waals surface area (Å²) < 4.78 is 43.5. The van der Waals surface area contributed by atoms with E-state index in [1.807, 2.05) is 6.92 Å². The van der Waals surface area contributed by atoms with Crippen LogP contribution in [0.3, 0.4) is 0 Å². The summed E-state index contributed by atoms with van der Waals surface area (Å²) >= 11 is 0. The number of rotatable bonds is 3. The van der Waals surface area contributed by atoms with Crippen molar-refractivity contribution in [1.82, 2.24) is 9.80 Å². The summed E-state index contributed by atoms with van der Waals surface area (Å²) in [6.07, 6.45) is 0. The molecule has 2 heterocycles. The number of ether oxygens (including phenoxy) is 1. The lowest BCUT2D eigenvalue weighted by Crippen LogP contribution is -2.60. The Kier molecular flexibility index (Phi) is 4.52. The summed E-state index contributed by atoms with van der Waals surface area (Å²) in [5.74, 6) is -1.03. The number of carbonyl (C=O) groups is 1. The number of likely N-dealkylation sites (N-methyl/N-ethyl adjacent to an activating group) is 1. The zero-order chi connectivity index (χ0) is 17.5. The summed E-state index contributed by atoms with van der Waals surface area (Å²) in [7, 11) is -1.83. The van der Waals surface area contributed by atoms with Gasteiger partial charge in [-0.25, -0.2) is 12.8 Å². The molecule has 2 aliphatic heterocycles. The fourth-order valence-electron chi connectivity index (χ4n) is 3.70. The van der Waals surface area contributed by atoms with Crippen LogP contribution in [0.5, 0.6) is 5.75 Å². The van der Waals surface area contributed by atoms with E-state index in [1.165, 1.54) is 30.2 Å². The van der Waals surface area contributed by atoms with Crippen molar-refractivity contribution in [2.45, 2.75) is 19.0 Å². The molecule has 0 aromatic heterocycles. The van der Waals surface area contributed by atoms with Crippen LogP contribution >= 0.6 is 0 Å². The van der Waals surface area contributed by atoms with E-state index in [4.69, 9.17) is 4.74 Å². The molecule has 1 aromatic rings. The Morgan fingerprint density at radius 3 is 2.67 bits per heavy atom. The predicted molar refractivity (Wildman–Crippen MR) is 87.5 cm³/mol. The van der Waals surface area contributed by atoms with Crippen molar-refractivity contribution in [1.29, 1.82) is 0 Å². The Morgan fingerprint density at radius 2 is 2.00 bits per heavy atom. The van der Waals surface area contributed by atoms with Gasteiger partial charge in [-0.1, -0.05) is 13.0 Å². The molecule has 132 valence electrons. The van der Waals surface area contributed by atoms with Gasteiger partial charge in [-0.15, -0.1) is 0 Å². The second kappa shape index (κ2) is 6.33. The Bertz CT molecular complexity index is 752. The SMILES string of the molecule is CCN1CCN(C(=O)c2c(F)cccc2OC)[C@H]2CS(=O)(=O)C[C@H]21. The van der Waals surface area contributed by atoms with Crippen LogP contribution in [-0.4, -0.2) is 74.5 Å². The molecule has 1 aromatic carbocycles. The van der Waals surface area contributed by atoms with Crippen LogP contribution < -0.4 is 4.74 Å². The van der Waals surface area contributed by atoms with Gasteiger partial charge in [0.2, 0.25) is 0 Å². The van der Waals surface area contributed by atoms with Crippen molar-refractivity contribution in [3.05, 3.63) is 29.6 Å². The van der Waals surface area contributed by atoms with Crippen molar-refractivity contribution in [2.24, 2.45) is 0 Å². The molecule has 2 atom stereocenters. The number of carbonyl (C=O) groups excluding carboxylic acids is 1. The molecule has 24 heavy (non-hydrogen) atoms. The van der Waals surface area contributed by atoms with Gasteiger partial charge in [0, 0.05) is 19.1 Å². The number of nitrogens with zero attached hydrogens (tertiary/aromatic N) is 2. The molecule has 0 bridgehead atoms. The van der Waals surface area contributed by atoms with E-state index in [0.29, 0.717) is 13.1 Å². The first-order valence-electron chi connectivity index (χ1n) is 7.96. The molecule has 0 aliphatic carbocycles. The fourth-order valence-corrected chi connectivity index (χ4v) is 5.71. The maximum atomic E-state index is 14.2. The van der Waals surface area contributed by atoms with Crippen molar-refractivity contribution < 1.29 is 22.3 Å². The number of piperazine rings is 1. The molecule has 0 saturated carbocycles. The standard InChI is InChI=1S/C16H21FN2O4S/c1-3-18-7-8-19(13-10-24(21,22)9-12(13)18)16(20)15-11(17)5-4-6-14(15)23-2/h4-6,12-13H,3,7-10H2,1-2H3/t12-,13+/m1/s1. The zero-order valence-electron chi connectivity index (χ0n) is 13.7. The molecule has 2 aliphatic rings. The third-order valence-electron chi connectivity index (χ3n) is 4.87. The highest BCUT2D eigenvalue weighted by Gasteiger charge is 2.48. The average molecular weight is 356 g/mol. The number of hydrogen-bond donors (Lipinski definition) is 0. The molecular formula is C16H21FN2O4S. The second-order valence-electron chi connectivity index (χ2n) is 6.16. The van der Waals surface area contributed by atoms with Gasteiger partial charge in [-0.05, 0) is 18.7 Å². The first-order valence-corrected chi connectivity index (χ1v) is 9.78. The van der Waals surface area contributed by atoms with Crippen molar-refractivity contribution in [2.75, 3.05) is 38.2 Å². The Hall–Kier alpha value is -1.67.